The lowest BCUT2D eigenvalue weighted by molar-refractivity contribution is 0.477. The summed E-state index contributed by atoms with van der Waals surface area (Å²) in [6.45, 7) is 4.25. The van der Waals surface area contributed by atoms with Gasteiger partial charge in [0.1, 0.15) is 11.5 Å². The molecule has 0 aromatic heterocycles. The lowest BCUT2D eigenvalue weighted by Gasteiger charge is -2.23. The van der Waals surface area contributed by atoms with Gasteiger partial charge < -0.3 is 10.2 Å². The Hall–Kier alpha value is -4.30. The average Bonchev–Trinajstić information content (AvgIpc) is 2.88. The molecular weight excluding hydrogens is 428 g/mol. The number of phenolic OH excluding ortho intramolecular Hbond substituents is 2. The molecule has 0 radical (unpaired) electrons. The van der Waals surface area contributed by atoms with Crippen LogP contribution in [0.3, 0.4) is 0 Å². The number of benzene rings is 5. The maximum Gasteiger partial charge on any atom is 0.123 e. The highest BCUT2D eigenvalue weighted by molar-refractivity contribution is 5.73. The molecule has 2 heteroatoms. The van der Waals surface area contributed by atoms with Crippen molar-refractivity contribution in [2.75, 3.05) is 0 Å². The Balaban J connectivity index is 1.72. The molecule has 172 valence electrons. The highest BCUT2D eigenvalue weighted by Crippen LogP contribution is 2.41. The van der Waals surface area contributed by atoms with Gasteiger partial charge in [-0.25, -0.2) is 0 Å². The van der Waals surface area contributed by atoms with Crippen LogP contribution in [0.1, 0.15) is 33.7 Å². The summed E-state index contributed by atoms with van der Waals surface area (Å²) in [5.41, 5.74) is 9.35. The Morgan fingerprint density at radius 3 is 1.46 bits per heavy atom. The minimum atomic E-state index is -0.0678. The number of aryl methyl sites for hydroxylation is 2. The molecule has 2 nitrogen and oxygen atoms in total. The largest absolute Gasteiger partial charge is 0.507 e. The van der Waals surface area contributed by atoms with Crippen LogP contribution in [0.2, 0.25) is 0 Å². The molecular formula is C33H28O2. The third-order valence-electron chi connectivity index (χ3n) is 6.61. The van der Waals surface area contributed by atoms with Gasteiger partial charge in [0.05, 0.1) is 0 Å². The Morgan fingerprint density at radius 1 is 0.514 bits per heavy atom. The second-order valence-electron chi connectivity index (χ2n) is 9.08. The Morgan fingerprint density at radius 2 is 1.00 bits per heavy atom. The summed E-state index contributed by atoms with van der Waals surface area (Å²) in [5, 5.41) is 21.4. The molecule has 0 saturated carbocycles. The molecule has 0 aliphatic heterocycles. The molecule has 5 aromatic rings. The third-order valence-corrected chi connectivity index (χ3v) is 6.61. The quantitative estimate of drug-likeness (QED) is 0.262. The van der Waals surface area contributed by atoms with Crippen LogP contribution in [0.15, 0.2) is 115 Å². The first-order valence-corrected chi connectivity index (χ1v) is 11.8. The van der Waals surface area contributed by atoms with Gasteiger partial charge in [0, 0.05) is 17.0 Å². The van der Waals surface area contributed by atoms with Crippen LogP contribution in [0.4, 0.5) is 0 Å². The lowest BCUT2D eigenvalue weighted by Crippen LogP contribution is -2.06. The summed E-state index contributed by atoms with van der Waals surface area (Å²) in [5.74, 6) is 0.451. The van der Waals surface area contributed by atoms with Gasteiger partial charge in [-0.2, -0.15) is 0 Å². The molecule has 0 amide bonds. The average molecular weight is 457 g/mol. The molecule has 0 bridgehead atoms. The summed E-state index contributed by atoms with van der Waals surface area (Å²) >= 11 is 0. The second-order valence-corrected chi connectivity index (χ2v) is 9.08. The van der Waals surface area contributed by atoms with Gasteiger partial charge in [0.2, 0.25) is 0 Å². The van der Waals surface area contributed by atoms with Crippen LogP contribution in [0.25, 0.3) is 22.3 Å². The van der Waals surface area contributed by atoms with E-state index in [0.29, 0.717) is 0 Å². The van der Waals surface area contributed by atoms with Crippen molar-refractivity contribution < 1.29 is 10.2 Å². The number of hydrogen-bond acceptors (Lipinski definition) is 2. The number of aromatic hydroxyl groups is 2. The molecule has 35 heavy (non-hydrogen) atoms. The first-order chi connectivity index (χ1) is 17.0. The van der Waals surface area contributed by atoms with Crippen LogP contribution in [-0.2, 0) is 0 Å². The maximum absolute atomic E-state index is 10.7. The van der Waals surface area contributed by atoms with Crippen molar-refractivity contribution in [3.63, 3.8) is 0 Å². The van der Waals surface area contributed by atoms with Crippen molar-refractivity contribution in [1.29, 1.82) is 0 Å². The van der Waals surface area contributed by atoms with Crippen LogP contribution in [0.5, 0.6) is 11.5 Å². The molecule has 0 atom stereocenters. The monoisotopic (exact) mass is 456 g/mol. The maximum atomic E-state index is 10.7. The van der Waals surface area contributed by atoms with E-state index in [1.54, 1.807) is 12.1 Å². The van der Waals surface area contributed by atoms with E-state index < -0.39 is 0 Å². The molecule has 0 unspecified atom stereocenters. The van der Waals surface area contributed by atoms with E-state index in [4.69, 9.17) is 0 Å². The summed E-state index contributed by atoms with van der Waals surface area (Å²) in [6, 6.07) is 38.2. The van der Waals surface area contributed by atoms with E-state index in [0.717, 1.165) is 33.4 Å². The van der Waals surface area contributed by atoms with Crippen molar-refractivity contribution in [3.05, 3.63) is 143 Å². The Kier molecular flexibility index (Phi) is 6.12. The standard InChI is InChI=1S/C33H28O2/c1-22-13-16-28(23(2)19-22)33(26-14-17-31(34)29(20-26)24-9-5-3-6-10-24)27-15-18-32(35)30(21-27)25-11-7-4-8-12-25/h3-21,33-35H,1-2H3. The van der Waals surface area contributed by atoms with E-state index in [1.807, 2.05) is 72.8 Å². The van der Waals surface area contributed by atoms with Gasteiger partial charge in [-0.1, -0.05) is 96.6 Å². The summed E-state index contributed by atoms with van der Waals surface area (Å²) in [6.07, 6.45) is 0. The zero-order valence-corrected chi connectivity index (χ0v) is 19.9. The molecule has 0 aliphatic rings. The highest BCUT2D eigenvalue weighted by Gasteiger charge is 2.22. The summed E-state index contributed by atoms with van der Waals surface area (Å²) < 4.78 is 0. The third kappa shape index (κ3) is 4.56. The molecule has 0 saturated heterocycles. The van der Waals surface area contributed by atoms with Gasteiger partial charge in [-0.3, -0.25) is 0 Å². The highest BCUT2D eigenvalue weighted by atomic mass is 16.3. The van der Waals surface area contributed by atoms with E-state index in [-0.39, 0.29) is 17.4 Å². The van der Waals surface area contributed by atoms with Crippen molar-refractivity contribution in [2.45, 2.75) is 19.8 Å². The van der Waals surface area contributed by atoms with Gasteiger partial charge >= 0.3 is 0 Å². The van der Waals surface area contributed by atoms with Crippen molar-refractivity contribution in [3.8, 4) is 33.8 Å². The molecule has 5 aromatic carbocycles. The molecule has 0 aliphatic carbocycles. The van der Waals surface area contributed by atoms with Gasteiger partial charge in [0.25, 0.3) is 0 Å². The summed E-state index contributed by atoms with van der Waals surface area (Å²) in [4.78, 5) is 0. The normalized spacial score (nSPS) is 11.1. The van der Waals surface area contributed by atoms with E-state index in [2.05, 4.69) is 44.2 Å². The Bertz CT molecular complexity index is 1380. The number of rotatable bonds is 5. The van der Waals surface area contributed by atoms with E-state index in [1.165, 1.54) is 16.7 Å². The van der Waals surface area contributed by atoms with Crippen molar-refractivity contribution in [1.82, 2.24) is 0 Å². The topological polar surface area (TPSA) is 40.5 Å². The second kappa shape index (κ2) is 9.52. The Labute approximate surface area is 206 Å². The smallest absolute Gasteiger partial charge is 0.123 e. The van der Waals surface area contributed by atoms with E-state index >= 15 is 0 Å². The van der Waals surface area contributed by atoms with Crippen LogP contribution in [0, 0.1) is 13.8 Å². The zero-order chi connectivity index (χ0) is 24.4. The molecule has 0 fully saturated rings. The molecule has 2 N–H and O–H groups in total. The number of hydrogen-bond donors (Lipinski definition) is 2. The summed E-state index contributed by atoms with van der Waals surface area (Å²) in [7, 11) is 0. The van der Waals surface area contributed by atoms with Crippen LogP contribution < -0.4 is 0 Å². The first-order valence-electron chi connectivity index (χ1n) is 11.8. The van der Waals surface area contributed by atoms with Gasteiger partial charge in [0.15, 0.2) is 0 Å². The van der Waals surface area contributed by atoms with Crippen LogP contribution >= 0.6 is 0 Å². The first kappa shape index (κ1) is 22.5. The van der Waals surface area contributed by atoms with Crippen molar-refractivity contribution in [2.24, 2.45) is 0 Å². The SMILES string of the molecule is Cc1ccc(C(c2ccc(O)c(-c3ccccc3)c2)c2ccc(O)c(-c3ccccc3)c2)c(C)c1. The van der Waals surface area contributed by atoms with Crippen LogP contribution in [-0.4, -0.2) is 10.2 Å². The molecule has 0 heterocycles. The number of phenols is 2. The zero-order valence-electron chi connectivity index (χ0n) is 19.9. The van der Waals surface area contributed by atoms with Gasteiger partial charge in [-0.05, 0) is 71.5 Å². The van der Waals surface area contributed by atoms with Crippen molar-refractivity contribution >= 4 is 0 Å². The molecule has 5 rings (SSSR count). The minimum absolute atomic E-state index is 0.0678. The fourth-order valence-corrected chi connectivity index (χ4v) is 4.87. The van der Waals surface area contributed by atoms with E-state index in [9.17, 15) is 10.2 Å². The fraction of sp³-hybridized carbons (Fsp3) is 0.0909. The minimum Gasteiger partial charge on any atom is -0.507 e. The predicted octanol–water partition coefficient (Wildman–Crippen LogP) is 8.23. The van der Waals surface area contributed by atoms with Gasteiger partial charge in [-0.15, -0.1) is 0 Å². The fourth-order valence-electron chi connectivity index (χ4n) is 4.87. The lowest BCUT2D eigenvalue weighted by atomic mass is 9.81. The molecule has 0 spiro atoms. The predicted molar refractivity (Wildman–Crippen MR) is 144 cm³/mol.